The second-order valence-corrected chi connectivity index (χ2v) is 4.86. The Morgan fingerprint density at radius 2 is 1.93 bits per heavy atom. The van der Waals surface area contributed by atoms with E-state index in [4.69, 9.17) is 9.84 Å². The highest BCUT2D eigenvalue weighted by Gasteiger charge is 2.24. The maximum atomic E-state index is 8.76. The van der Waals surface area contributed by atoms with Crippen molar-refractivity contribution in [2.75, 3.05) is 6.61 Å². The van der Waals surface area contributed by atoms with Gasteiger partial charge in [0.1, 0.15) is 0 Å². The predicted octanol–water partition coefficient (Wildman–Crippen LogP) is 1.69. The summed E-state index contributed by atoms with van der Waals surface area (Å²) < 4.78 is 5.70. The van der Waals surface area contributed by atoms with E-state index in [9.17, 15) is 0 Å². The molecule has 1 saturated heterocycles. The summed E-state index contributed by atoms with van der Waals surface area (Å²) in [6, 6.07) is 1.08. The highest BCUT2D eigenvalue weighted by atomic mass is 16.5. The first-order valence-electron chi connectivity index (χ1n) is 6.14. The van der Waals surface area contributed by atoms with Crippen LogP contribution in [0.2, 0.25) is 0 Å². The quantitative estimate of drug-likeness (QED) is 0.733. The molecule has 0 aromatic carbocycles. The molecule has 0 spiro atoms. The fraction of sp³-hybridized carbons (Fsp3) is 1.00. The summed E-state index contributed by atoms with van der Waals surface area (Å²) in [5.41, 5.74) is 0. The molecule has 0 aromatic rings. The van der Waals surface area contributed by atoms with E-state index in [0.29, 0.717) is 30.9 Å². The van der Waals surface area contributed by atoms with E-state index in [1.54, 1.807) is 0 Å². The van der Waals surface area contributed by atoms with Crippen molar-refractivity contribution < 1.29 is 9.84 Å². The third-order valence-electron chi connectivity index (χ3n) is 3.01. The van der Waals surface area contributed by atoms with Gasteiger partial charge in [-0.1, -0.05) is 0 Å². The highest BCUT2D eigenvalue weighted by Crippen LogP contribution is 2.19. The molecule has 3 heteroatoms. The van der Waals surface area contributed by atoms with Gasteiger partial charge in [-0.15, -0.1) is 0 Å². The van der Waals surface area contributed by atoms with Gasteiger partial charge < -0.3 is 15.2 Å². The van der Waals surface area contributed by atoms with Crippen LogP contribution in [0.15, 0.2) is 0 Å². The summed E-state index contributed by atoms with van der Waals surface area (Å²) in [4.78, 5) is 0. The first-order valence-corrected chi connectivity index (χ1v) is 6.14. The van der Waals surface area contributed by atoms with Crippen molar-refractivity contribution in [2.24, 2.45) is 0 Å². The van der Waals surface area contributed by atoms with Gasteiger partial charge in [0.2, 0.25) is 0 Å². The Morgan fingerprint density at radius 3 is 2.47 bits per heavy atom. The Morgan fingerprint density at radius 1 is 1.33 bits per heavy atom. The van der Waals surface area contributed by atoms with Crippen LogP contribution in [0.4, 0.5) is 0 Å². The molecule has 0 unspecified atom stereocenters. The number of hydrogen-bond acceptors (Lipinski definition) is 3. The zero-order chi connectivity index (χ0) is 11.3. The molecule has 0 amide bonds. The summed E-state index contributed by atoms with van der Waals surface area (Å²) in [6.07, 6.45) is 4.90. The van der Waals surface area contributed by atoms with Crippen molar-refractivity contribution >= 4 is 0 Å². The lowest BCUT2D eigenvalue weighted by molar-refractivity contribution is -0.0434. The summed E-state index contributed by atoms with van der Waals surface area (Å²) in [5, 5.41) is 12.4. The van der Waals surface area contributed by atoms with Crippen molar-refractivity contribution in [3.63, 3.8) is 0 Å². The fourth-order valence-electron chi connectivity index (χ4n) is 2.42. The lowest BCUT2D eigenvalue weighted by Gasteiger charge is -2.34. The minimum Gasteiger partial charge on any atom is -0.396 e. The number of nitrogens with one attached hydrogen (secondary N) is 1. The monoisotopic (exact) mass is 215 g/mol. The molecule has 1 aliphatic rings. The van der Waals surface area contributed by atoms with E-state index in [1.807, 2.05) is 0 Å². The Balaban J connectivity index is 2.24. The third kappa shape index (κ3) is 4.96. The first-order chi connectivity index (χ1) is 7.11. The maximum absolute atomic E-state index is 8.76. The van der Waals surface area contributed by atoms with Crippen LogP contribution in [0.1, 0.15) is 46.5 Å². The summed E-state index contributed by atoms with van der Waals surface area (Å²) in [5.74, 6) is 0. The van der Waals surface area contributed by atoms with Crippen LogP contribution in [0.25, 0.3) is 0 Å². The van der Waals surface area contributed by atoms with Gasteiger partial charge in [-0.25, -0.2) is 0 Å². The molecule has 0 aliphatic carbocycles. The van der Waals surface area contributed by atoms with Crippen molar-refractivity contribution in [2.45, 2.75) is 70.7 Å². The topological polar surface area (TPSA) is 41.5 Å². The van der Waals surface area contributed by atoms with E-state index in [2.05, 4.69) is 26.1 Å². The van der Waals surface area contributed by atoms with Gasteiger partial charge in [-0.05, 0) is 46.5 Å². The standard InChI is InChI=1S/C12H25NO2/c1-9(5-4-6-14)13-12-7-10(2)15-11(3)8-12/h9-14H,4-8H2,1-3H3/t9-,10-,11-/m0/s1. The maximum Gasteiger partial charge on any atom is 0.0565 e. The average Bonchev–Trinajstić information content (AvgIpc) is 2.13. The van der Waals surface area contributed by atoms with E-state index >= 15 is 0 Å². The molecule has 1 heterocycles. The molecule has 1 rings (SSSR count). The zero-order valence-corrected chi connectivity index (χ0v) is 10.2. The van der Waals surface area contributed by atoms with Crippen LogP contribution >= 0.6 is 0 Å². The lowest BCUT2D eigenvalue weighted by atomic mass is 9.98. The van der Waals surface area contributed by atoms with Gasteiger partial charge in [-0.2, -0.15) is 0 Å². The second-order valence-electron chi connectivity index (χ2n) is 4.86. The largest absolute Gasteiger partial charge is 0.396 e. The molecule has 1 fully saturated rings. The van der Waals surface area contributed by atoms with Crippen molar-refractivity contribution in [3.05, 3.63) is 0 Å². The zero-order valence-electron chi connectivity index (χ0n) is 10.2. The van der Waals surface area contributed by atoms with Crippen LogP contribution < -0.4 is 5.32 Å². The molecule has 3 atom stereocenters. The Bertz CT molecular complexity index is 165. The Labute approximate surface area is 93.2 Å². The van der Waals surface area contributed by atoms with Gasteiger partial charge in [0.25, 0.3) is 0 Å². The van der Waals surface area contributed by atoms with Crippen LogP contribution in [0.3, 0.4) is 0 Å². The van der Waals surface area contributed by atoms with Crippen LogP contribution in [-0.4, -0.2) is 36.0 Å². The average molecular weight is 215 g/mol. The van der Waals surface area contributed by atoms with Gasteiger partial charge >= 0.3 is 0 Å². The molecular formula is C12H25NO2. The molecule has 0 aromatic heterocycles. The molecule has 1 aliphatic heterocycles. The number of rotatable bonds is 5. The van der Waals surface area contributed by atoms with Gasteiger partial charge in [-0.3, -0.25) is 0 Å². The summed E-state index contributed by atoms with van der Waals surface area (Å²) >= 11 is 0. The van der Waals surface area contributed by atoms with Gasteiger partial charge in [0, 0.05) is 18.7 Å². The SMILES string of the molecule is C[C@@H](CCCO)NC1C[C@H](C)O[C@@H](C)C1. The minimum absolute atomic E-state index is 0.298. The molecule has 90 valence electrons. The highest BCUT2D eigenvalue weighted by molar-refractivity contribution is 4.80. The fourth-order valence-corrected chi connectivity index (χ4v) is 2.42. The molecule has 15 heavy (non-hydrogen) atoms. The predicted molar refractivity (Wildman–Crippen MR) is 61.9 cm³/mol. The van der Waals surface area contributed by atoms with E-state index in [-0.39, 0.29) is 0 Å². The van der Waals surface area contributed by atoms with Crippen LogP contribution in [0.5, 0.6) is 0 Å². The van der Waals surface area contributed by atoms with Crippen molar-refractivity contribution in [1.82, 2.24) is 5.32 Å². The minimum atomic E-state index is 0.298. The molecular weight excluding hydrogens is 190 g/mol. The van der Waals surface area contributed by atoms with Crippen LogP contribution in [0, 0.1) is 0 Å². The molecule has 0 saturated carbocycles. The summed E-state index contributed by atoms with van der Waals surface area (Å²) in [6.45, 7) is 6.78. The van der Waals surface area contributed by atoms with Crippen molar-refractivity contribution in [1.29, 1.82) is 0 Å². The molecule has 0 radical (unpaired) electrons. The van der Waals surface area contributed by atoms with Crippen LogP contribution in [-0.2, 0) is 4.74 Å². The van der Waals surface area contributed by atoms with E-state index in [1.165, 1.54) is 0 Å². The normalized spacial score (nSPS) is 34.0. The summed E-state index contributed by atoms with van der Waals surface area (Å²) in [7, 11) is 0. The van der Waals surface area contributed by atoms with Gasteiger partial charge in [0.05, 0.1) is 12.2 Å². The van der Waals surface area contributed by atoms with E-state index < -0.39 is 0 Å². The third-order valence-corrected chi connectivity index (χ3v) is 3.01. The molecule has 0 bridgehead atoms. The molecule has 2 N–H and O–H groups in total. The smallest absolute Gasteiger partial charge is 0.0565 e. The number of aliphatic hydroxyl groups is 1. The molecule has 3 nitrogen and oxygen atoms in total. The lowest BCUT2D eigenvalue weighted by Crippen LogP contribution is -2.44. The van der Waals surface area contributed by atoms with Gasteiger partial charge in [0.15, 0.2) is 0 Å². The second kappa shape index (κ2) is 6.46. The number of aliphatic hydroxyl groups excluding tert-OH is 1. The van der Waals surface area contributed by atoms with Crippen molar-refractivity contribution in [3.8, 4) is 0 Å². The number of ether oxygens (including phenoxy) is 1. The Kier molecular flexibility index (Phi) is 5.58. The first kappa shape index (κ1) is 12.9. The Hall–Kier alpha value is -0.120. The van der Waals surface area contributed by atoms with E-state index in [0.717, 1.165) is 25.7 Å². The number of hydrogen-bond donors (Lipinski definition) is 2.